The molecule has 1 amide bonds. The molecule has 0 saturated carbocycles. The van der Waals surface area contributed by atoms with Gasteiger partial charge in [0.1, 0.15) is 17.3 Å². The maximum atomic E-state index is 13.6. The van der Waals surface area contributed by atoms with Crippen LogP contribution in [0.1, 0.15) is 25.7 Å². The molecule has 0 fully saturated rings. The maximum Gasteiger partial charge on any atom is 0.251 e. The third-order valence-electron chi connectivity index (χ3n) is 3.19. The van der Waals surface area contributed by atoms with Gasteiger partial charge in [0.2, 0.25) is 0 Å². The number of hydrogen-bond donors (Lipinski definition) is 2. The van der Waals surface area contributed by atoms with E-state index in [4.69, 9.17) is 0 Å². The van der Waals surface area contributed by atoms with Gasteiger partial charge in [-0.3, -0.25) is 4.79 Å². The van der Waals surface area contributed by atoms with Gasteiger partial charge in [-0.25, -0.2) is 8.78 Å². The van der Waals surface area contributed by atoms with Crippen LogP contribution in [0.25, 0.3) is 0 Å². The number of benzene rings is 1. The Kier molecular flexibility index (Phi) is 4.57. The summed E-state index contributed by atoms with van der Waals surface area (Å²) in [7, 11) is 1.42. The summed E-state index contributed by atoms with van der Waals surface area (Å²) < 4.78 is 27.2. The molecule has 1 heterocycles. The predicted molar refractivity (Wildman–Crippen MR) is 80.9 cm³/mol. The largest absolute Gasteiger partial charge is 0.383 e. The van der Waals surface area contributed by atoms with Crippen LogP contribution in [0, 0.1) is 25.5 Å². The van der Waals surface area contributed by atoms with Crippen molar-refractivity contribution in [2.24, 2.45) is 0 Å². The predicted octanol–water partition coefficient (Wildman–Crippen LogP) is 3.61. The van der Waals surface area contributed by atoms with E-state index >= 15 is 0 Å². The molecule has 0 unspecified atom stereocenters. The van der Waals surface area contributed by atoms with Gasteiger partial charge in [0, 0.05) is 22.4 Å². The summed E-state index contributed by atoms with van der Waals surface area (Å²) >= 11 is 1.59. The molecule has 0 aliphatic rings. The number of halogens is 2. The second kappa shape index (κ2) is 6.22. The summed E-state index contributed by atoms with van der Waals surface area (Å²) in [4.78, 5) is 14.1. The summed E-state index contributed by atoms with van der Waals surface area (Å²) in [6.45, 7) is 4.35. The monoisotopic (exact) mass is 310 g/mol. The highest BCUT2D eigenvalue weighted by molar-refractivity contribution is 7.12. The number of carbonyl (C=O) groups is 1. The second-order valence-corrected chi connectivity index (χ2v) is 6.04. The van der Waals surface area contributed by atoms with Gasteiger partial charge in [0.15, 0.2) is 0 Å². The molecule has 0 saturated heterocycles. The first-order valence-corrected chi connectivity index (χ1v) is 7.25. The number of nitrogens with one attached hydrogen (secondary N) is 2. The topological polar surface area (TPSA) is 41.1 Å². The molecule has 21 heavy (non-hydrogen) atoms. The molecule has 1 aromatic carbocycles. The highest BCUT2D eigenvalue weighted by Crippen LogP contribution is 2.22. The average molecular weight is 310 g/mol. The van der Waals surface area contributed by atoms with Gasteiger partial charge in [-0.05, 0) is 37.6 Å². The lowest BCUT2D eigenvalue weighted by atomic mass is 10.1. The molecule has 2 aromatic rings. The fourth-order valence-corrected chi connectivity index (χ4v) is 2.94. The first-order chi connectivity index (χ1) is 9.92. The van der Waals surface area contributed by atoms with E-state index in [1.807, 2.05) is 19.9 Å². The lowest BCUT2D eigenvalue weighted by molar-refractivity contribution is 0.0950. The Labute approximate surface area is 126 Å². The van der Waals surface area contributed by atoms with E-state index in [2.05, 4.69) is 10.6 Å². The van der Waals surface area contributed by atoms with E-state index in [1.54, 1.807) is 11.3 Å². The Hall–Kier alpha value is -1.95. The molecule has 0 atom stereocenters. The third-order valence-corrected chi connectivity index (χ3v) is 4.35. The van der Waals surface area contributed by atoms with E-state index in [9.17, 15) is 13.6 Å². The van der Waals surface area contributed by atoms with Gasteiger partial charge in [0.25, 0.3) is 5.91 Å². The lowest BCUT2D eigenvalue weighted by Gasteiger charge is -2.08. The SMILES string of the molecule is CNc1c(F)cc(C(=O)NCc2cc(C)c(C)s2)cc1F. The Morgan fingerprint density at radius 1 is 1.19 bits per heavy atom. The first-order valence-electron chi connectivity index (χ1n) is 6.43. The van der Waals surface area contributed by atoms with Crippen LogP contribution in [-0.4, -0.2) is 13.0 Å². The molecule has 0 aliphatic heterocycles. The molecule has 112 valence electrons. The van der Waals surface area contributed by atoms with Gasteiger partial charge >= 0.3 is 0 Å². The van der Waals surface area contributed by atoms with E-state index in [0.717, 1.165) is 17.0 Å². The number of anilines is 1. The van der Waals surface area contributed by atoms with Gasteiger partial charge < -0.3 is 10.6 Å². The van der Waals surface area contributed by atoms with Crippen molar-refractivity contribution in [1.82, 2.24) is 5.32 Å². The standard InChI is InChI=1S/C15H16F2N2OS/c1-8-4-11(21-9(8)2)7-19-15(20)10-5-12(16)14(18-3)13(17)6-10/h4-6,18H,7H2,1-3H3,(H,19,20). The number of rotatable bonds is 4. The number of thiophene rings is 1. The molecular weight excluding hydrogens is 294 g/mol. The number of aryl methyl sites for hydroxylation is 2. The normalized spacial score (nSPS) is 10.5. The van der Waals surface area contributed by atoms with Crippen LogP contribution in [0.4, 0.5) is 14.5 Å². The zero-order valence-electron chi connectivity index (χ0n) is 12.0. The van der Waals surface area contributed by atoms with Crippen LogP contribution < -0.4 is 10.6 Å². The van der Waals surface area contributed by atoms with Gasteiger partial charge in [0.05, 0.1) is 6.54 Å². The quantitative estimate of drug-likeness (QED) is 0.905. The highest BCUT2D eigenvalue weighted by atomic mass is 32.1. The van der Waals surface area contributed by atoms with Crippen LogP contribution in [0.3, 0.4) is 0 Å². The Bertz CT molecular complexity index is 640. The maximum absolute atomic E-state index is 13.6. The molecule has 2 N–H and O–H groups in total. The zero-order chi connectivity index (χ0) is 15.6. The molecule has 0 bridgehead atoms. The van der Waals surface area contributed by atoms with Crippen LogP contribution in [0.15, 0.2) is 18.2 Å². The van der Waals surface area contributed by atoms with Gasteiger partial charge in [-0.1, -0.05) is 0 Å². The summed E-state index contributed by atoms with van der Waals surface area (Å²) in [5.74, 6) is -2.07. The minimum absolute atomic E-state index is 0.0333. The van der Waals surface area contributed by atoms with Crippen LogP contribution in [0.2, 0.25) is 0 Å². The van der Waals surface area contributed by atoms with Crippen molar-refractivity contribution >= 4 is 22.9 Å². The van der Waals surface area contributed by atoms with Crippen LogP contribution in [0.5, 0.6) is 0 Å². The molecule has 6 heteroatoms. The van der Waals surface area contributed by atoms with Crippen molar-refractivity contribution in [3.05, 3.63) is 50.7 Å². The minimum Gasteiger partial charge on any atom is -0.383 e. The summed E-state index contributed by atoms with van der Waals surface area (Å²) in [6, 6.07) is 4.04. The molecule has 0 radical (unpaired) electrons. The zero-order valence-corrected chi connectivity index (χ0v) is 12.8. The second-order valence-electron chi connectivity index (χ2n) is 4.70. The van der Waals surface area contributed by atoms with Crippen LogP contribution in [-0.2, 0) is 6.54 Å². The van der Waals surface area contributed by atoms with E-state index in [0.29, 0.717) is 6.54 Å². The van der Waals surface area contributed by atoms with Crippen molar-refractivity contribution < 1.29 is 13.6 Å². The van der Waals surface area contributed by atoms with Crippen molar-refractivity contribution in [2.45, 2.75) is 20.4 Å². The highest BCUT2D eigenvalue weighted by Gasteiger charge is 2.14. The van der Waals surface area contributed by atoms with Crippen LogP contribution >= 0.6 is 11.3 Å². The van der Waals surface area contributed by atoms with Crippen molar-refractivity contribution in [2.75, 3.05) is 12.4 Å². The Balaban J connectivity index is 2.10. The summed E-state index contributed by atoms with van der Waals surface area (Å²) in [5.41, 5.74) is 0.893. The summed E-state index contributed by atoms with van der Waals surface area (Å²) in [5, 5.41) is 5.08. The fourth-order valence-electron chi connectivity index (χ4n) is 1.95. The number of amides is 1. The summed E-state index contributed by atoms with van der Waals surface area (Å²) in [6.07, 6.45) is 0. The fraction of sp³-hybridized carbons (Fsp3) is 0.267. The minimum atomic E-state index is -0.787. The van der Waals surface area contributed by atoms with E-state index < -0.39 is 17.5 Å². The van der Waals surface area contributed by atoms with Crippen molar-refractivity contribution in [3.8, 4) is 0 Å². The van der Waals surface area contributed by atoms with E-state index in [-0.39, 0.29) is 11.3 Å². The number of carbonyl (C=O) groups excluding carboxylic acids is 1. The molecule has 0 spiro atoms. The molecule has 3 nitrogen and oxygen atoms in total. The van der Waals surface area contributed by atoms with Gasteiger partial charge in [-0.15, -0.1) is 11.3 Å². The van der Waals surface area contributed by atoms with Gasteiger partial charge in [-0.2, -0.15) is 0 Å². The molecule has 2 rings (SSSR count). The molecule has 1 aromatic heterocycles. The Morgan fingerprint density at radius 3 is 2.29 bits per heavy atom. The van der Waals surface area contributed by atoms with Crippen molar-refractivity contribution in [1.29, 1.82) is 0 Å². The third kappa shape index (κ3) is 3.39. The van der Waals surface area contributed by atoms with E-state index in [1.165, 1.54) is 17.5 Å². The molecule has 0 aliphatic carbocycles. The average Bonchev–Trinajstić information content (AvgIpc) is 2.74. The number of hydrogen-bond acceptors (Lipinski definition) is 3. The smallest absolute Gasteiger partial charge is 0.251 e. The lowest BCUT2D eigenvalue weighted by Crippen LogP contribution is -2.22. The first kappa shape index (κ1) is 15.4. The Morgan fingerprint density at radius 2 is 1.81 bits per heavy atom. The van der Waals surface area contributed by atoms with Crippen molar-refractivity contribution in [3.63, 3.8) is 0 Å². The molecular formula is C15H16F2N2OS.